The van der Waals surface area contributed by atoms with E-state index in [9.17, 15) is 8.78 Å². The minimum Gasteiger partial charge on any atom is -0.383 e. The van der Waals surface area contributed by atoms with Gasteiger partial charge in [-0.3, -0.25) is 0 Å². The number of hydrogen-bond donors (Lipinski definition) is 0. The maximum atomic E-state index is 13.1. The lowest BCUT2D eigenvalue weighted by atomic mass is 10.1. The predicted octanol–water partition coefficient (Wildman–Crippen LogP) is 3.08. The van der Waals surface area contributed by atoms with Crippen molar-refractivity contribution in [3.8, 4) is 11.1 Å². The Morgan fingerprint density at radius 2 is 1.94 bits per heavy atom. The van der Waals surface area contributed by atoms with Crippen molar-refractivity contribution in [2.24, 2.45) is 0 Å². The Balaban J connectivity index is 2.21. The van der Waals surface area contributed by atoms with Crippen LogP contribution in [0.3, 0.4) is 0 Å². The summed E-state index contributed by atoms with van der Waals surface area (Å²) in [6, 6.07) is 5.76. The van der Waals surface area contributed by atoms with Gasteiger partial charge in [0.1, 0.15) is 0 Å². The molecular formula is C13H13F2NO. The summed E-state index contributed by atoms with van der Waals surface area (Å²) in [5, 5.41) is 0. The summed E-state index contributed by atoms with van der Waals surface area (Å²) in [7, 11) is 1.64. The first-order valence-corrected chi connectivity index (χ1v) is 5.31. The van der Waals surface area contributed by atoms with Crippen molar-refractivity contribution in [3.63, 3.8) is 0 Å². The van der Waals surface area contributed by atoms with E-state index in [1.165, 1.54) is 6.07 Å². The van der Waals surface area contributed by atoms with Crippen molar-refractivity contribution in [1.29, 1.82) is 0 Å². The highest BCUT2D eigenvalue weighted by atomic mass is 19.2. The normalized spacial score (nSPS) is 10.8. The van der Waals surface area contributed by atoms with Gasteiger partial charge in [-0.25, -0.2) is 8.78 Å². The Morgan fingerprint density at radius 3 is 2.65 bits per heavy atom. The zero-order chi connectivity index (χ0) is 12.3. The molecule has 2 nitrogen and oxygen atoms in total. The Kier molecular flexibility index (Phi) is 3.54. The molecular weight excluding hydrogens is 224 g/mol. The van der Waals surface area contributed by atoms with Crippen molar-refractivity contribution >= 4 is 0 Å². The Bertz CT molecular complexity index is 508. The van der Waals surface area contributed by atoms with Crippen LogP contribution in [0.2, 0.25) is 0 Å². The van der Waals surface area contributed by atoms with Gasteiger partial charge >= 0.3 is 0 Å². The molecule has 0 radical (unpaired) electrons. The fraction of sp³-hybridized carbons (Fsp3) is 0.231. The standard InChI is InChI=1S/C13H13F2NO/c1-17-7-6-16-5-4-11(9-16)10-2-3-12(14)13(15)8-10/h2-5,8-9H,6-7H2,1H3. The van der Waals surface area contributed by atoms with Crippen LogP contribution in [0, 0.1) is 11.6 Å². The molecule has 1 aromatic heterocycles. The second-order valence-electron chi connectivity index (χ2n) is 3.76. The number of methoxy groups -OCH3 is 1. The van der Waals surface area contributed by atoms with Gasteiger partial charge in [0.15, 0.2) is 11.6 Å². The second kappa shape index (κ2) is 5.10. The fourth-order valence-electron chi connectivity index (χ4n) is 1.62. The molecule has 17 heavy (non-hydrogen) atoms. The summed E-state index contributed by atoms with van der Waals surface area (Å²) in [6.07, 6.45) is 3.77. The van der Waals surface area contributed by atoms with E-state index in [0.29, 0.717) is 12.2 Å². The molecule has 0 amide bonds. The molecule has 0 unspecified atom stereocenters. The molecule has 0 atom stereocenters. The average molecular weight is 237 g/mol. The van der Waals surface area contributed by atoms with Crippen molar-refractivity contribution in [2.45, 2.75) is 6.54 Å². The molecule has 4 heteroatoms. The SMILES string of the molecule is COCCn1ccc(-c2ccc(F)c(F)c2)c1. The van der Waals surface area contributed by atoms with Crippen molar-refractivity contribution in [2.75, 3.05) is 13.7 Å². The van der Waals surface area contributed by atoms with Crippen LogP contribution in [-0.2, 0) is 11.3 Å². The summed E-state index contributed by atoms with van der Waals surface area (Å²) < 4.78 is 32.8. The lowest BCUT2D eigenvalue weighted by molar-refractivity contribution is 0.187. The number of halogens is 2. The third-order valence-electron chi connectivity index (χ3n) is 2.56. The summed E-state index contributed by atoms with van der Waals surface area (Å²) >= 11 is 0. The maximum Gasteiger partial charge on any atom is 0.159 e. The lowest BCUT2D eigenvalue weighted by Crippen LogP contribution is -2.00. The molecule has 0 aliphatic rings. The topological polar surface area (TPSA) is 14.2 Å². The van der Waals surface area contributed by atoms with Gasteiger partial charge in [-0.2, -0.15) is 0 Å². The van der Waals surface area contributed by atoms with Crippen LogP contribution in [0.5, 0.6) is 0 Å². The van der Waals surface area contributed by atoms with Crippen molar-refractivity contribution < 1.29 is 13.5 Å². The molecule has 0 saturated carbocycles. The molecule has 90 valence electrons. The van der Waals surface area contributed by atoms with E-state index < -0.39 is 11.6 Å². The lowest BCUT2D eigenvalue weighted by Gasteiger charge is -2.01. The largest absolute Gasteiger partial charge is 0.383 e. The van der Waals surface area contributed by atoms with Gasteiger partial charge in [0, 0.05) is 26.0 Å². The minimum absolute atomic E-state index is 0.617. The molecule has 0 bridgehead atoms. The van der Waals surface area contributed by atoms with Crippen LogP contribution in [0.15, 0.2) is 36.7 Å². The van der Waals surface area contributed by atoms with Crippen molar-refractivity contribution in [3.05, 3.63) is 48.3 Å². The molecule has 0 aliphatic heterocycles. The summed E-state index contributed by atoms with van der Waals surface area (Å²) in [6.45, 7) is 1.35. The molecule has 0 spiro atoms. The Hall–Kier alpha value is -1.68. The number of ether oxygens (including phenoxy) is 1. The number of aromatic nitrogens is 1. The molecule has 0 aliphatic carbocycles. The van der Waals surface area contributed by atoms with Crippen LogP contribution < -0.4 is 0 Å². The molecule has 2 aromatic rings. The van der Waals surface area contributed by atoms with E-state index in [4.69, 9.17) is 4.74 Å². The van der Waals surface area contributed by atoms with Crippen LogP contribution >= 0.6 is 0 Å². The first-order valence-electron chi connectivity index (χ1n) is 5.31. The number of benzene rings is 1. The zero-order valence-corrected chi connectivity index (χ0v) is 9.49. The van der Waals surface area contributed by atoms with Gasteiger partial charge in [-0.15, -0.1) is 0 Å². The monoisotopic (exact) mass is 237 g/mol. The first kappa shape index (κ1) is 11.8. The van der Waals surface area contributed by atoms with Crippen LogP contribution in [-0.4, -0.2) is 18.3 Å². The van der Waals surface area contributed by atoms with Crippen molar-refractivity contribution in [1.82, 2.24) is 4.57 Å². The fourth-order valence-corrected chi connectivity index (χ4v) is 1.62. The van der Waals surface area contributed by atoms with E-state index in [0.717, 1.165) is 18.2 Å². The summed E-state index contributed by atoms with van der Waals surface area (Å²) in [5.41, 5.74) is 1.53. The molecule has 2 rings (SSSR count). The average Bonchev–Trinajstić information content (AvgIpc) is 2.79. The van der Waals surface area contributed by atoms with Gasteiger partial charge < -0.3 is 9.30 Å². The summed E-state index contributed by atoms with van der Waals surface area (Å²) in [5.74, 6) is -1.65. The quantitative estimate of drug-likeness (QED) is 0.797. The highest BCUT2D eigenvalue weighted by Crippen LogP contribution is 2.21. The third kappa shape index (κ3) is 2.71. The molecule has 0 saturated heterocycles. The molecule has 0 fully saturated rings. The molecule has 1 heterocycles. The van der Waals surface area contributed by atoms with E-state index >= 15 is 0 Å². The van der Waals surface area contributed by atoms with Gasteiger partial charge in [0.25, 0.3) is 0 Å². The zero-order valence-electron chi connectivity index (χ0n) is 9.49. The highest BCUT2D eigenvalue weighted by Gasteiger charge is 2.05. The van der Waals surface area contributed by atoms with Gasteiger partial charge in [0.05, 0.1) is 6.61 Å². The molecule has 0 N–H and O–H groups in total. The van der Waals surface area contributed by atoms with E-state index in [-0.39, 0.29) is 0 Å². The third-order valence-corrected chi connectivity index (χ3v) is 2.56. The smallest absolute Gasteiger partial charge is 0.159 e. The van der Waals surface area contributed by atoms with Gasteiger partial charge in [-0.1, -0.05) is 6.07 Å². The van der Waals surface area contributed by atoms with E-state index in [2.05, 4.69) is 0 Å². The van der Waals surface area contributed by atoms with Crippen LogP contribution in [0.4, 0.5) is 8.78 Å². The maximum absolute atomic E-state index is 13.1. The second-order valence-corrected chi connectivity index (χ2v) is 3.76. The number of hydrogen-bond acceptors (Lipinski definition) is 1. The molecule has 1 aromatic carbocycles. The number of nitrogens with zero attached hydrogens (tertiary/aromatic N) is 1. The van der Waals surface area contributed by atoms with E-state index in [1.54, 1.807) is 13.2 Å². The van der Waals surface area contributed by atoms with Gasteiger partial charge in [-0.05, 0) is 29.3 Å². The van der Waals surface area contributed by atoms with Crippen LogP contribution in [0.25, 0.3) is 11.1 Å². The first-order chi connectivity index (χ1) is 8.20. The predicted molar refractivity (Wildman–Crippen MR) is 61.7 cm³/mol. The Labute approximate surface area is 98.4 Å². The van der Waals surface area contributed by atoms with Crippen LogP contribution in [0.1, 0.15) is 0 Å². The Morgan fingerprint density at radius 1 is 1.12 bits per heavy atom. The number of rotatable bonds is 4. The highest BCUT2D eigenvalue weighted by molar-refractivity contribution is 5.62. The van der Waals surface area contributed by atoms with E-state index in [1.807, 2.05) is 23.0 Å². The summed E-state index contributed by atoms with van der Waals surface area (Å²) in [4.78, 5) is 0. The minimum atomic E-state index is -0.827. The van der Waals surface area contributed by atoms with Gasteiger partial charge in [0.2, 0.25) is 0 Å².